The summed E-state index contributed by atoms with van der Waals surface area (Å²) in [5, 5.41) is 8.64. The zero-order valence-electron chi connectivity index (χ0n) is 8.93. The standard InChI is InChI=1S/C9H11NO.C2H5F/c1-7-5-9(11-2)4-3-8(7)6-10;1-2-3/h5H,3-4H2,1-2H3;2H2,1H3. The first-order chi connectivity index (χ1) is 6.69. The predicted octanol–water partition coefficient (Wildman–Crippen LogP) is 3.13. The number of nitrogens with zero attached hydrogens (tertiary/aromatic N) is 1. The third kappa shape index (κ3) is 4.08. The van der Waals surface area contributed by atoms with Crippen LogP contribution in [-0.4, -0.2) is 13.8 Å². The third-order valence-electron chi connectivity index (χ3n) is 1.87. The van der Waals surface area contributed by atoms with E-state index < -0.39 is 0 Å². The molecule has 0 saturated carbocycles. The van der Waals surface area contributed by atoms with Crippen molar-refractivity contribution in [3.8, 4) is 6.07 Å². The van der Waals surface area contributed by atoms with Crippen LogP contribution >= 0.6 is 0 Å². The molecule has 14 heavy (non-hydrogen) atoms. The Labute approximate surface area is 84.7 Å². The summed E-state index contributed by atoms with van der Waals surface area (Å²) in [7, 11) is 1.66. The van der Waals surface area contributed by atoms with Gasteiger partial charge >= 0.3 is 0 Å². The topological polar surface area (TPSA) is 33.0 Å². The van der Waals surface area contributed by atoms with Crippen LogP contribution in [0, 0.1) is 11.3 Å². The van der Waals surface area contributed by atoms with Crippen LogP contribution in [0.25, 0.3) is 0 Å². The van der Waals surface area contributed by atoms with Crippen molar-refractivity contribution in [1.29, 1.82) is 5.26 Å². The summed E-state index contributed by atoms with van der Waals surface area (Å²) in [5.74, 6) is 0.974. The summed E-state index contributed by atoms with van der Waals surface area (Å²) < 4.78 is 15.4. The summed E-state index contributed by atoms with van der Waals surface area (Å²) >= 11 is 0. The summed E-state index contributed by atoms with van der Waals surface area (Å²) in [6, 6.07) is 2.18. The molecule has 0 N–H and O–H groups in total. The minimum absolute atomic E-state index is 0.250. The van der Waals surface area contributed by atoms with Gasteiger partial charge in [-0.15, -0.1) is 0 Å². The number of nitriles is 1. The minimum Gasteiger partial charge on any atom is -0.501 e. The first-order valence-electron chi connectivity index (χ1n) is 4.59. The van der Waals surface area contributed by atoms with Gasteiger partial charge in [-0.1, -0.05) is 0 Å². The molecule has 0 saturated heterocycles. The van der Waals surface area contributed by atoms with Gasteiger partial charge in [-0.25, -0.2) is 0 Å². The van der Waals surface area contributed by atoms with Gasteiger partial charge in [0.15, 0.2) is 0 Å². The Morgan fingerprint density at radius 1 is 1.57 bits per heavy atom. The van der Waals surface area contributed by atoms with E-state index in [1.807, 2.05) is 13.0 Å². The van der Waals surface area contributed by atoms with Crippen molar-refractivity contribution in [2.24, 2.45) is 0 Å². The molecule has 0 aliphatic heterocycles. The van der Waals surface area contributed by atoms with E-state index in [0.29, 0.717) is 0 Å². The second-order valence-corrected chi connectivity index (χ2v) is 2.86. The fraction of sp³-hybridized carbons (Fsp3) is 0.545. The fourth-order valence-corrected chi connectivity index (χ4v) is 1.15. The molecule has 0 radical (unpaired) electrons. The van der Waals surface area contributed by atoms with E-state index in [9.17, 15) is 4.39 Å². The molecule has 3 heteroatoms. The highest BCUT2D eigenvalue weighted by Crippen LogP contribution is 2.22. The Bertz CT molecular complexity index is 274. The van der Waals surface area contributed by atoms with Crippen LogP contribution in [0.2, 0.25) is 0 Å². The maximum atomic E-state index is 10.3. The Hall–Kier alpha value is -1.30. The fourth-order valence-electron chi connectivity index (χ4n) is 1.15. The van der Waals surface area contributed by atoms with Crippen molar-refractivity contribution >= 4 is 0 Å². The molecule has 0 atom stereocenters. The molecular weight excluding hydrogens is 181 g/mol. The monoisotopic (exact) mass is 197 g/mol. The lowest BCUT2D eigenvalue weighted by atomic mass is 9.99. The SMILES string of the molecule is CCF.COC1=CC(C)=C(C#N)CC1. The van der Waals surface area contributed by atoms with Crippen molar-refractivity contribution in [2.45, 2.75) is 26.7 Å². The number of halogens is 1. The largest absolute Gasteiger partial charge is 0.501 e. The van der Waals surface area contributed by atoms with Gasteiger partial charge in [0.2, 0.25) is 0 Å². The number of rotatable bonds is 1. The smallest absolute Gasteiger partial charge is 0.0961 e. The molecular formula is C11H16FNO. The van der Waals surface area contributed by atoms with Crippen molar-refractivity contribution in [3.05, 3.63) is 23.0 Å². The van der Waals surface area contributed by atoms with Crippen molar-refractivity contribution < 1.29 is 9.13 Å². The van der Waals surface area contributed by atoms with E-state index in [1.54, 1.807) is 7.11 Å². The lowest BCUT2D eigenvalue weighted by Crippen LogP contribution is -1.97. The summed E-state index contributed by atoms with van der Waals surface area (Å²) in [6.45, 7) is 3.15. The van der Waals surface area contributed by atoms with E-state index >= 15 is 0 Å². The normalized spacial score (nSPS) is 14.9. The second kappa shape index (κ2) is 7.14. The molecule has 0 heterocycles. The van der Waals surface area contributed by atoms with E-state index in [2.05, 4.69) is 6.07 Å². The molecule has 0 unspecified atom stereocenters. The van der Waals surface area contributed by atoms with Crippen LogP contribution in [0.5, 0.6) is 0 Å². The van der Waals surface area contributed by atoms with Crippen molar-refractivity contribution in [2.75, 3.05) is 13.8 Å². The zero-order chi connectivity index (χ0) is 11.0. The molecule has 0 bridgehead atoms. The summed E-state index contributed by atoms with van der Waals surface area (Å²) in [5.41, 5.74) is 1.92. The van der Waals surface area contributed by atoms with Crippen LogP contribution in [0.1, 0.15) is 26.7 Å². The van der Waals surface area contributed by atoms with Gasteiger partial charge in [0.25, 0.3) is 0 Å². The Kier molecular flexibility index (Phi) is 6.47. The average Bonchev–Trinajstić information content (AvgIpc) is 2.19. The highest BCUT2D eigenvalue weighted by atomic mass is 19.1. The highest BCUT2D eigenvalue weighted by Gasteiger charge is 2.09. The Morgan fingerprint density at radius 3 is 2.50 bits per heavy atom. The first kappa shape index (κ1) is 12.7. The van der Waals surface area contributed by atoms with Gasteiger partial charge in [-0.05, 0) is 31.9 Å². The van der Waals surface area contributed by atoms with Gasteiger partial charge in [0, 0.05) is 12.0 Å². The maximum absolute atomic E-state index is 10.3. The summed E-state index contributed by atoms with van der Waals surface area (Å²) in [6.07, 6.45) is 3.61. The number of hydrogen-bond acceptors (Lipinski definition) is 2. The van der Waals surface area contributed by atoms with Crippen LogP contribution < -0.4 is 0 Å². The molecule has 1 aliphatic carbocycles. The molecule has 1 aliphatic rings. The predicted molar refractivity (Wildman–Crippen MR) is 54.3 cm³/mol. The molecule has 0 aromatic rings. The minimum atomic E-state index is -0.250. The van der Waals surface area contributed by atoms with Crippen molar-refractivity contribution in [1.82, 2.24) is 0 Å². The van der Waals surface area contributed by atoms with E-state index in [-0.39, 0.29) is 6.67 Å². The van der Waals surface area contributed by atoms with Crippen LogP contribution in [-0.2, 0) is 4.74 Å². The molecule has 1 rings (SSSR count). The molecule has 0 aromatic carbocycles. The molecule has 78 valence electrons. The van der Waals surface area contributed by atoms with Crippen LogP contribution in [0.4, 0.5) is 4.39 Å². The molecule has 0 aromatic heterocycles. The highest BCUT2D eigenvalue weighted by molar-refractivity contribution is 5.37. The van der Waals surface area contributed by atoms with E-state index in [0.717, 1.165) is 29.7 Å². The number of allylic oxidation sites excluding steroid dienone is 4. The first-order valence-corrected chi connectivity index (χ1v) is 4.59. The number of ether oxygens (including phenoxy) is 1. The average molecular weight is 197 g/mol. The molecule has 0 fully saturated rings. The number of alkyl halides is 1. The lowest BCUT2D eigenvalue weighted by molar-refractivity contribution is 0.275. The Morgan fingerprint density at radius 2 is 2.14 bits per heavy atom. The van der Waals surface area contributed by atoms with Gasteiger partial charge < -0.3 is 4.74 Å². The zero-order valence-corrected chi connectivity index (χ0v) is 8.93. The third-order valence-corrected chi connectivity index (χ3v) is 1.87. The lowest BCUT2D eigenvalue weighted by Gasteiger charge is -2.12. The second-order valence-electron chi connectivity index (χ2n) is 2.86. The molecule has 0 spiro atoms. The van der Waals surface area contributed by atoms with E-state index in [1.165, 1.54) is 6.92 Å². The molecule has 0 amide bonds. The van der Waals surface area contributed by atoms with Gasteiger partial charge in [0.1, 0.15) is 0 Å². The number of hydrogen-bond donors (Lipinski definition) is 0. The molecule has 2 nitrogen and oxygen atoms in total. The van der Waals surface area contributed by atoms with Gasteiger partial charge in [-0.2, -0.15) is 5.26 Å². The quantitative estimate of drug-likeness (QED) is 0.647. The maximum Gasteiger partial charge on any atom is 0.0961 e. The van der Waals surface area contributed by atoms with Crippen LogP contribution in [0.3, 0.4) is 0 Å². The van der Waals surface area contributed by atoms with Crippen LogP contribution in [0.15, 0.2) is 23.0 Å². The van der Waals surface area contributed by atoms with Gasteiger partial charge in [-0.3, -0.25) is 4.39 Å². The Balaban J connectivity index is 0.000000500. The van der Waals surface area contributed by atoms with Gasteiger partial charge in [0.05, 0.1) is 25.6 Å². The summed E-state index contributed by atoms with van der Waals surface area (Å²) in [4.78, 5) is 0. The van der Waals surface area contributed by atoms with Crippen molar-refractivity contribution in [3.63, 3.8) is 0 Å². The van der Waals surface area contributed by atoms with E-state index in [4.69, 9.17) is 10.00 Å². The number of methoxy groups -OCH3 is 1.